The van der Waals surface area contributed by atoms with Gasteiger partial charge in [0.25, 0.3) is 0 Å². The summed E-state index contributed by atoms with van der Waals surface area (Å²) in [5.74, 6) is -0.700. The highest BCUT2D eigenvalue weighted by molar-refractivity contribution is 7.89. The Morgan fingerprint density at radius 3 is 2.40 bits per heavy atom. The van der Waals surface area contributed by atoms with Gasteiger partial charge >= 0.3 is 12.0 Å². The number of sulfonamides is 1. The summed E-state index contributed by atoms with van der Waals surface area (Å²) in [5, 5.41) is 11.2. The van der Waals surface area contributed by atoms with E-state index in [9.17, 15) is 18.0 Å². The first kappa shape index (κ1) is 20.7. The molecule has 25 heavy (non-hydrogen) atoms. The van der Waals surface area contributed by atoms with Crippen LogP contribution in [0.5, 0.6) is 5.75 Å². The van der Waals surface area contributed by atoms with Crippen molar-refractivity contribution in [2.24, 2.45) is 0 Å². The highest BCUT2D eigenvalue weighted by atomic mass is 32.2. The third-order valence-electron chi connectivity index (χ3n) is 3.28. The summed E-state index contributed by atoms with van der Waals surface area (Å²) >= 11 is 0. The molecule has 10 heteroatoms. The fraction of sp³-hybridized carbons (Fsp3) is 0.467. The van der Waals surface area contributed by atoms with Gasteiger partial charge in [-0.25, -0.2) is 17.5 Å². The Balaban J connectivity index is 3.10. The van der Waals surface area contributed by atoms with E-state index in [1.807, 2.05) is 0 Å². The van der Waals surface area contributed by atoms with Crippen LogP contribution in [-0.4, -0.2) is 69.0 Å². The van der Waals surface area contributed by atoms with Crippen LogP contribution in [0.15, 0.2) is 23.1 Å². The van der Waals surface area contributed by atoms with Crippen LogP contribution in [0.4, 0.5) is 10.5 Å². The number of nitrogens with zero attached hydrogens (tertiary/aromatic N) is 2. The number of rotatable bonds is 8. The number of carbonyl (C=O) groups excluding carboxylic acids is 1. The molecule has 1 aromatic rings. The van der Waals surface area contributed by atoms with Crippen LogP contribution in [0.2, 0.25) is 0 Å². The van der Waals surface area contributed by atoms with Crippen LogP contribution in [0.25, 0.3) is 0 Å². The predicted octanol–water partition coefficient (Wildman–Crippen LogP) is 1.27. The highest BCUT2D eigenvalue weighted by Gasteiger charge is 2.20. The Morgan fingerprint density at radius 2 is 1.88 bits per heavy atom. The molecule has 0 saturated heterocycles. The van der Waals surface area contributed by atoms with Gasteiger partial charge in [0.15, 0.2) is 0 Å². The van der Waals surface area contributed by atoms with Crippen LogP contribution < -0.4 is 10.1 Å². The van der Waals surface area contributed by atoms with E-state index in [-0.39, 0.29) is 23.5 Å². The third-order valence-corrected chi connectivity index (χ3v) is 5.09. The van der Waals surface area contributed by atoms with Crippen molar-refractivity contribution in [1.82, 2.24) is 9.21 Å². The predicted molar refractivity (Wildman–Crippen MR) is 92.4 cm³/mol. The molecule has 0 fully saturated rings. The summed E-state index contributed by atoms with van der Waals surface area (Å²) in [4.78, 5) is 24.0. The monoisotopic (exact) mass is 373 g/mol. The van der Waals surface area contributed by atoms with Gasteiger partial charge in [-0.05, 0) is 25.1 Å². The molecule has 0 aliphatic carbocycles. The number of ether oxygens (including phenoxy) is 1. The van der Waals surface area contributed by atoms with Gasteiger partial charge in [0.2, 0.25) is 10.0 Å². The van der Waals surface area contributed by atoms with Crippen LogP contribution in [-0.2, 0) is 14.8 Å². The first-order chi connectivity index (χ1) is 11.6. The van der Waals surface area contributed by atoms with E-state index in [0.717, 1.165) is 4.31 Å². The molecule has 0 spiro atoms. The molecule has 1 aromatic carbocycles. The summed E-state index contributed by atoms with van der Waals surface area (Å²) in [5.41, 5.74) is 0.192. The summed E-state index contributed by atoms with van der Waals surface area (Å²) in [7, 11) is 0.583. The van der Waals surface area contributed by atoms with E-state index < -0.39 is 22.0 Å². The SMILES string of the molecule is CCOc1ccc(S(=O)(=O)N(C)C)cc1NC(=O)N(C)CCC(=O)O. The molecular weight excluding hydrogens is 350 g/mol. The molecule has 9 nitrogen and oxygen atoms in total. The zero-order valence-electron chi connectivity index (χ0n) is 14.6. The number of carboxylic acid groups (broad SMARTS) is 1. The minimum Gasteiger partial charge on any atom is -0.492 e. The number of carbonyl (C=O) groups is 2. The molecular formula is C15H23N3O6S. The second-order valence-corrected chi connectivity index (χ2v) is 7.53. The van der Waals surface area contributed by atoms with E-state index in [1.165, 1.54) is 44.2 Å². The van der Waals surface area contributed by atoms with Crippen molar-refractivity contribution in [3.8, 4) is 5.75 Å². The molecule has 1 rings (SSSR count). The van der Waals surface area contributed by atoms with Crippen molar-refractivity contribution < 1.29 is 27.9 Å². The summed E-state index contributed by atoms with van der Waals surface area (Å²) in [6.07, 6.45) is -0.197. The summed E-state index contributed by atoms with van der Waals surface area (Å²) < 4.78 is 31.0. The van der Waals surface area contributed by atoms with Crippen molar-refractivity contribution in [2.45, 2.75) is 18.2 Å². The van der Waals surface area contributed by atoms with Crippen LogP contribution >= 0.6 is 0 Å². The fourth-order valence-electron chi connectivity index (χ4n) is 1.83. The molecule has 0 saturated carbocycles. The number of aliphatic carboxylic acids is 1. The van der Waals surface area contributed by atoms with Crippen LogP contribution in [0, 0.1) is 0 Å². The van der Waals surface area contributed by atoms with E-state index >= 15 is 0 Å². The summed E-state index contributed by atoms with van der Waals surface area (Å²) in [6, 6.07) is 3.60. The minimum atomic E-state index is -3.67. The lowest BCUT2D eigenvalue weighted by Gasteiger charge is -2.19. The molecule has 0 aliphatic rings. The van der Waals surface area contributed by atoms with Crippen molar-refractivity contribution in [2.75, 3.05) is 39.6 Å². The van der Waals surface area contributed by atoms with Gasteiger partial charge in [-0.1, -0.05) is 0 Å². The van der Waals surface area contributed by atoms with Crippen molar-refractivity contribution >= 4 is 27.7 Å². The van der Waals surface area contributed by atoms with Crippen molar-refractivity contribution in [3.05, 3.63) is 18.2 Å². The summed E-state index contributed by atoms with van der Waals surface area (Å²) in [6.45, 7) is 2.10. The lowest BCUT2D eigenvalue weighted by atomic mass is 10.3. The van der Waals surface area contributed by atoms with Gasteiger partial charge in [-0.2, -0.15) is 0 Å². The maximum absolute atomic E-state index is 12.2. The standard InChI is InChI=1S/C15H23N3O6S/c1-5-24-13-7-6-11(25(22,23)17(2)3)10-12(13)16-15(21)18(4)9-8-14(19)20/h6-7,10H,5,8-9H2,1-4H3,(H,16,21)(H,19,20). The van der Waals surface area contributed by atoms with E-state index in [1.54, 1.807) is 6.92 Å². The Kier molecular flexibility index (Phi) is 7.19. The molecule has 2 N–H and O–H groups in total. The maximum atomic E-state index is 12.2. The quantitative estimate of drug-likeness (QED) is 0.709. The van der Waals surface area contributed by atoms with E-state index in [2.05, 4.69) is 5.32 Å². The van der Waals surface area contributed by atoms with Gasteiger partial charge in [-0.15, -0.1) is 0 Å². The zero-order chi connectivity index (χ0) is 19.2. The Hall–Kier alpha value is -2.33. The normalized spacial score (nSPS) is 11.2. The average Bonchev–Trinajstić information content (AvgIpc) is 2.53. The number of hydrogen-bond acceptors (Lipinski definition) is 5. The second kappa shape index (κ2) is 8.67. The van der Waals surface area contributed by atoms with E-state index in [4.69, 9.17) is 9.84 Å². The average molecular weight is 373 g/mol. The molecule has 0 aromatic heterocycles. The third kappa shape index (κ3) is 5.61. The molecule has 0 aliphatic heterocycles. The number of benzene rings is 1. The molecule has 0 heterocycles. The number of nitrogens with one attached hydrogen (secondary N) is 1. The van der Waals surface area contributed by atoms with Gasteiger partial charge in [0.05, 0.1) is 23.6 Å². The smallest absolute Gasteiger partial charge is 0.321 e. The maximum Gasteiger partial charge on any atom is 0.321 e. The first-order valence-electron chi connectivity index (χ1n) is 7.52. The molecule has 2 amide bonds. The van der Waals surface area contributed by atoms with Gasteiger partial charge in [0, 0.05) is 27.7 Å². The van der Waals surface area contributed by atoms with Crippen molar-refractivity contribution in [3.63, 3.8) is 0 Å². The number of hydrogen-bond donors (Lipinski definition) is 2. The number of carboxylic acids is 1. The van der Waals surface area contributed by atoms with Crippen LogP contribution in [0.3, 0.4) is 0 Å². The second-order valence-electron chi connectivity index (χ2n) is 5.37. The zero-order valence-corrected chi connectivity index (χ0v) is 15.5. The number of anilines is 1. The molecule has 0 bridgehead atoms. The molecule has 0 radical (unpaired) electrons. The lowest BCUT2D eigenvalue weighted by Crippen LogP contribution is -2.33. The Morgan fingerprint density at radius 1 is 1.24 bits per heavy atom. The highest BCUT2D eigenvalue weighted by Crippen LogP contribution is 2.29. The van der Waals surface area contributed by atoms with Gasteiger partial charge in [0.1, 0.15) is 5.75 Å². The lowest BCUT2D eigenvalue weighted by molar-refractivity contribution is -0.137. The number of urea groups is 1. The molecule has 0 atom stereocenters. The van der Waals surface area contributed by atoms with Crippen molar-refractivity contribution in [1.29, 1.82) is 0 Å². The Labute approximate surface area is 147 Å². The fourth-order valence-corrected chi connectivity index (χ4v) is 2.76. The number of amides is 2. The molecule has 0 unspecified atom stereocenters. The molecule has 140 valence electrons. The Bertz CT molecular complexity index is 733. The topological polar surface area (TPSA) is 116 Å². The van der Waals surface area contributed by atoms with E-state index in [0.29, 0.717) is 12.4 Å². The first-order valence-corrected chi connectivity index (χ1v) is 8.96. The van der Waals surface area contributed by atoms with Gasteiger partial charge < -0.3 is 20.1 Å². The minimum absolute atomic E-state index is 0.00411. The largest absolute Gasteiger partial charge is 0.492 e. The van der Waals surface area contributed by atoms with Gasteiger partial charge in [-0.3, -0.25) is 4.79 Å². The van der Waals surface area contributed by atoms with Crippen LogP contribution in [0.1, 0.15) is 13.3 Å².